The highest BCUT2D eigenvalue weighted by Crippen LogP contribution is 2.59. The molecular formula is C29H45F2NO2. The van der Waals surface area contributed by atoms with E-state index in [0.717, 1.165) is 44.5 Å². The van der Waals surface area contributed by atoms with Gasteiger partial charge in [-0.25, -0.2) is 8.78 Å². The van der Waals surface area contributed by atoms with Crippen LogP contribution in [0.3, 0.4) is 0 Å². The Kier molecular flexibility index (Phi) is 8.36. The maximum atomic E-state index is 12.7. The van der Waals surface area contributed by atoms with Crippen molar-refractivity contribution in [2.24, 2.45) is 29.1 Å². The van der Waals surface area contributed by atoms with Gasteiger partial charge in [0.05, 0.1) is 12.2 Å². The number of piperidine rings is 1. The van der Waals surface area contributed by atoms with Gasteiger partial charge in [0.1, 0.15) is 0 Å². The molecule has 1 aliphatic heterocycles. The Labute approximate surface area is 205 Å². The van der Waals surface area contributed by atoms with Crippen molar-refractivity contribution in [3.8, 4) is 0 Å². The van der Waals surface area contributed by atoms with Crippen molar-refractivity contribution < 1.29 is 19.0 Å². The maximum absolute atomic E-state index is 12.7. The Balaban J connectivity index is 1.37. The van der Waals surface area contributed by atoms with Gasteiger partial charge in [-0.1, -0.05) is 43.7 Å². The van der Waals surface area contributed by atoms with Crippen LogP contribution in [-0.2, 0) is 0 Å². The molecule has 6 atom stereocenters. The molecule has 4 aliphatic rings. The van der Waals surface area contributed by atoms with Crippen LogP contribution in [0.2, 0.25) is 0 Å². The van der Waals surface area contributed by atoms with E-state index in [1.165, 1.54) is 25.7 Å². The third-order valence-electron chi connectivity index (χ3n) is 9.79. The van der Waals surface area contributed by atoms with Crippen LogP contribution in [0.15, 0.2) is 35.5 Å². The maximum Gasteiger partial charge on any atom is 0.238 e. The van der Waals surface area contributed by atoms with Crippen molar-refractivity contribution in [3.63, 3.8) is 0 Å². The minimum atomic E-state index is -2.16. The lowest BCUT2D eigenvalue weighted by Gasteiger charge is -2.45. The number of aliphatic hydroxyl groups excluding tert-OH is 2. The average molecular weight is 478 g/mol. The zero-order valence-electron chi connectivity index (χ0n) is 21.2. The van der Waals surface area contributed by atoms with Crippen LogP contribution in [-0.4, -0.2) is 53.4 Å². The molecule has 0 aromatic carbocycles. The minimum absolute atomic E-state index is 0.0731. The fraction of sp³-hybridized carbons (Fsp3) is 0.793. The van der Waals surface area contributed by atoms with Gasteiger partial charge >= 0.3 is 0 Å². The van der Waals surface area contributed by atoms with Crippen LogP contribution in [0, 0.1) is 29.1 Å². The lowest BCUT2D eigenvalue weighted by molar-refractivity contribution is 0.0566. The van der Waals surface area contributed by atoms with Gasteiger partial charge in [0.2, 0.25) is 6.43 Å². The van der Waals surface area contributed by atoms with E-state index in [1.54, 1.807) is 5.57 Å². The third kappa shape index (κ3) is 5.68. The number of likely N-dealkylation sites (tertiary alicyclic amines) is 1. The van der Waals surface area contributed by atoms with Crippen LogP contribution in [0.5, 0.6) is 0 Å². The Morgan fingerprint density at radius 2 is 1.76 bits per heavy atom. The summed E-state index contributed by atoms with van der Waals surface area (Å²) in [6.45, 7) is 11.8. The fourth-order valence-corrected chi connectivity index (χ4v) is 7.83. The van der Waals surface area contributed by atoms with Crippen molar-refractivity contribution in [3.05, 3.63) is 35.5 Å². The van der Waals surface area contributed by atoms with E-state index in [4.69, 9.17) is 0 Å². The molecule has 2 N–H and O–H groups in total. The summed E-state index contributed by atoms with van der Waals surface area (Å²) in [6, 6.07) is 0. The average Bonchev–Trinajstić information content (AvgIpc) is 3.14. The Morgan fingerprint density at radius 1 is 1.09 bits per heavy atom. The molecular weight excluding hydrogens is 432 g/mol. The van der Waals surface area contributed by atoms with Crippen molar-refractivity contribution in [2.75, 3.05) is 19.6 Å². The topological polar surface area (TPSA) is 43.7 Å². The number of rotatable bonds is 6. The van der Waals surface area contributed by atoms with E-state index in [2.05, 4.69) is 37.5 Å². The van der Waals surface area contributed by atoms with Crippen molar-refractivity contribution >= 4 is 0 Å². The highest BCUT2D eigenvalue weighted by molar-refractivity contribution is 5.29. The lowest BCUT2D eigenvalue weighted by atomic mass is 9.61. The smallest absolute Gasteiger partial charge is 0.238 e. The molecule has 3 saturated carbocycles. The molecule has 0 spiro atoms. The zero-order chi connectivity index (χ0) is 24.5. The van der Waals surface area contributed by atoms with Crippen LogP contribution in [0.4, 0.5) is 8.78 Å². The second-order valence-electron chi connectivity index (χ2n) is 12.0. The molecule has 0 radical (unpaired) electrons. The number of hydrogen-bond acceptors (Lipinski definition) is 3. The summed E-state index contributed by atoms with van der Waals surface area (Å²) < 4.78 is 25.5. The quantitative estimate of drug-likeness (QED) is 0.452. The monoisotopic (exact) mass is 477 g/mol. The predicted octanol–water partition coefficient (Wildman–Crippen LogP) is 6.13. The van der Waals surface area contributed by atoms with Gasteiger partial charge in [0.25, 0.3) is 0 Å². The highest BCUT2D eigenvalue weighted by atomic mass is 19.3. The second-order valence-corrected chi connectivity index (χ2v) is 12.0. The fourth-order valence-electron chi connectivity index (χ4n) is 7.83. The number of nitrogens with zero attached hydrogens (tertiary/aromatic N) is 1. The van der Waals surface area contributed by atoms with Crippen LogP contribution < -0.4 is 0 Å². The van der Waals surface area contributed by atoms with Gasteiger partial charge in [0.15, 0.2) is 0 Å². The van der Waals surface area contributed by atoms with Crippen LogP contribution in [0.1, 0.15) is 78.1 Å². The predicted molar refractivity (Wildman–Crippen MR) is 134 cm³/mol. The van der Waals surface area contributed by atoms with Crippen LogP contribution in [0.25, 0.3) is 0 Å². The molecule has 1 unspecified atom stereocenters. The van der Waals surface area contributed by atoms with Gasteiger partial charge < -0.3 is 15.1 Å². The van der Waals surface area contributed by atoms with Crippen molar-refractivity contribution in [1.29, 1.82) is 0 Å². The van der Waals surface area contributed by atoms with E-state index in [-0.39, 0.29) is 12.3 Å². The number of alkyl halides is 2. The Hall–Kier alpha value is -1.04. The summed E-state index contributed by atoms with van der Waals surface area (Å²) in [5.74, 6) is 2.14. The first-order valence-electron chi connectivity index (χ1n) is 13.6. The van der Waals surface area contributed by atoms with E-state index in [9.17, 15) is 19.0 Å². The molecule has 0 aromatic rings. The Morgan fingerprint density at radius 3 is 2.41 bits per heavy atom. The summed E-state index contributed by atoms with van der Waals surface area (Å²) in [4.78, 5) is 2.53. The number of aliphatic hydroxyl groups is 2. The summed E-state index contributed by atoms with van der Waals surface area (Å²) >= 11 is 0. The largest absolute Gasteiger partial charge is 0.388 e. The normalized spacial score (nSPS) is 37.9. The molecule has 34 heavy (non-hydrogen) atoms. The zero-order valence-corrected chi connectivity index (χ0v) is 21.2. The second kappa shape index (κ2) is 10.9. The first-order chi connectivity index (χ1) is 16.2. The molecule has 0 bridgehead atoms. The van der Waals surface area contributed by atoms with E-state index in [0.29, 0.717) is 41.6 Å². The summed E-state index contributed by atoms with van der Waals surface area (Å²) in [7, 11) is 0. The number of hydrogen-bond donors (Lipinski definition) is 2. The lowest BCUT2D eigenvalue weighted by Crippen LogP contribution is -2.42. The number of halogens is 2. The molecule has 0 amide bonds. The minimum Gasteiger partial charge on any atom is -0.388 e. The summed E-state index contributed by atoms with van der Waals surface area (Å²) in [5, 5.41) is 20.3. The summed E-state index contributed by atoms with van der Waals surface area (Å²) in [6.07, 6.45) is 10.3. The molecule has 3 nitrogen and oxygen atoms in total. The standard InChI is InChI=1S/C29H45F2NO2/c1-19(18-32-13-10-21(11-14-32)17-28(30)31)24-8-9-25-23(5-4-12-29(24,25)3)7-6-22-15-26(33)20(2)27(34)16-22/h6-7,19,21,24-28,33-34H,2,4-5,8-18H2,1,3H3/t19?,24-,25+,26-,27-,29-/m1/s1. The van der Waals surface area contributed by atoms with E-state index >= 15 is 0 Å². The molecule has 4 rings (SSSR count). The molecule has 192 valence electrons. The number of allylic oxidation sites excluding steroid dienone is 3. The van der Waals surface area contributed by atoms with Gasteiger partial charge in [-0.15, -0.1) is 0 Å². The van der Waals surface area contributed by atoms with Gasteiger partial charge in [-0.05, 0) is 106 Å². The van der Waals surface area contributed by atoms with Gasteiger partial charge in [-0.2, -0.15) is 0 Å². The molecule has 5 heteroatoms. The molecule has 3 aliphatic carbocycles. The van der Waals surface area contributed by atoms with Crippen molar-refractivity contribution in [2.45, 2.75) is 96.7 Å². The van der Waals surface area contributed by atoms with Crippen molar-refractivity contribution in [1.82, 2.24) is 4.90 Å². The SMILES string of the molecule is C=C1[C@H](O)CC(=CC=C2CCC[C@]3(C)[C@@H](C(C)CN4CCC(CC(F)F)CC4)CC[C@@H]23)C[C@H]1O. The van der Waals surface area contributed by atoms with E-state index in [1.807, 2.05) is 0 Å². The first-order valence-corrected chi connectivity index (χ1v) is 13.6. The molecule has 1 saturated heterocycles. The van der Waals surface area contributed by atoms with Crippen LogP contribution >= 0.6 is 0 Å². The highest BCUT2D eigenvalue weighted by Gasteiger charge is 2.50. The Bertz CT molecular complexity index is 769. The van der Waals surface area contributed by atoms with E-state index < -0.39 is 18.6 Å². The third-order valence-corrected chi connectivity index (χ3v) is 9.79. The number of fused-ring (bicyclic) bond motifs is 1. The van der Waals surface area contributed by atoms with Gasteiger partial charge in [-0.3, -0.25) is 0 Å². The molecule has 1 heterocycles. The first kappa shape index (κ1) is 26.0. The van der Waals surface area contributed by atoms with Gasteiger partial charge in [0, 0.05) is 13.0 Å². The molecule has 0 aromatic heterocycles. The summed E-state index contributed by atoms with van der Waals surface area (Å²) in [5.41, 5.74) is 3.54. The molecule has 4 fully saturated rings.